The van der Waals surface area contributed by atoms with E-state index in [1.807, 2.05) is 30.3 Å². The van der Waals surface area contributed by atoms with Gasteiger partial charge in [0.1, 0.15) is 0 Å². The summed E-state index contributed by atoms with van der Waals surface area (Å²) < 4.78 is 1.02. The van der Waals surface area contributed by atoms with Crippen LogP contribution >= 0.6 is 15.9 Å². The van der Waals surface area contributed by atoms with Gasteiger partial charge in [0, 0.05) is 23.8 Å². The van der Waals surface area contributed by atoms with Crippen molar-refractivity contribution in [1.82, 2.24) is 10.2 Å². The Balaban J connectivity index is 2.54. The first kappa shape index (κ1) is 15.2. The quantitative estimate of drug-likeness (QED) is 0.794. The zero-order valence-corrected chi connectivity index (χ0v) is 12.3. The molecule has 100 valence electrons. The van der Waals surface area contributed by atoms with Crippen molar-refractivity contribution in [1.29, 1.82) is 0 Å². The largest absolute Gasteiger partial charge is 0.321 e. The summed E-state index contributed by atoms with van der Waals surface area (Å²) in [6.45, 7) is 8.23. The lowest BCUT2D eigenvalue weighted by atomic mass is 10.2. The highest BCUT2D eigenvalue weighted by Crippen LogP contribution is 2.11. The van der Waals surface area contributed by atoms with Crippen LogP contribution in [0, 0.1) is 0 Å². The fraction of sp³-hybridized carbons (Fsp3) is 0.133. The second-order valence-electron chi connectivity index (χ2n) is 3.82. The summed E-state index contributed by atoms with van der Waals surface area (Å²) in [5.41, 5.74) is 1.02. The summed E-state index contributed by atoms with van der Waals surface area (Å²) in [5.74, 6) is 0. The lowest BCUT2D eigenvalue weighted by molar-refractivity contribution is 0.212. The van der Waals surface area contributed by atoms with Crippen molar-refractivity contribution >= 4 is 28.0 Å². The van der Waals surface area contributed by atoms with E-state index in [2.05, 4.69) is 34.4 Å². The summed E-state index contributed by atoms with van der Waals surface area (Å²) in [5, 5.41) is 2.71. The lowest BCUT2D eigenvalue weighted by Crippen LogP contribution is -2.37. The lowest BCUT2D eigenvalue weighted by Gasteiger charge is -2.18. The maximum absolute atomic E-state index is 11.8. The molecule has 0 aliphatic rings. The van der Waals surface area contributed by atoms with Crippen LogP contribution in [0.2, 0.25) is 0 Å². The van der Waals surface area contributed by atoms with Crippen molar-refractivity contribution in [2.75, 3.05) is 13.1 Å². The van der Waals surface area contributed by atoms with Crippen molar-refractivity contribution in [3.05, 3.63) is 65.8 Å². The number of hydrogen-bond donors (Lipinski definition) is 1. The zero-order valence-electron chi connectivity index (χ0n) is 10.7. The standard InChI is InChI=1S/C15H17BrN2O/c1-3-11-18(12-4-2)15(19)17-10-9-13-5-7-14(16)8-6-13/h3-10H,1-2,11-12H2,(H,17,19)/b10-9+. The van der Waals surface area contributed by atoms with Crippen LogP contribution in [0.1, 0.15) is 5.56 Å². The fourth-order valence-electron chi connectivity index (χ4n) is 1.43. The van der Waals surface area contributed by atoms with E-state index in [-0.39, 0.29) is 6.03 Å². The van der Waals surface area contributed by atoms with Crippen LogP contribution in [-0.4, -0.2) is 24.0 Å². The Kier molecular flexibility index (Phi) is 6.68. The molecule has 0 saturated carbocycles. The van der Waals surface area contributed by atoms with Gasteiger partial charge in [0.05, 0.1) is 0 Å². The normalized spacial score (nSPS) is 10.2. The van der Waals surface area contributed by atoms with Gasteiger partial charge in [-0.1, -0.05) is 40.2 Å². The molecule has 0 fully saturated rings. The minimum absolute atomic E-state index is 0.173. The number of rotatable bonds is 6. The summed E-state index contributed by atoms with van der Waals surface area (Å²) in [6, 6.07) is 7.63. The molecule has 0 aromatic heterocycles. The van der Waals surface area contributed by atoms with Crippen molar-refractivity contribution in [2.45, 2.75) is 0 Å². The Morgan fingerprint density at radius 1 is 1.21 bits per heavy atom. The summed E-state index contributed by atoms with van der Waals surface area (Å²) >= 11 is 3.37. The van der Waals surface area contributed by atoms with Crippen LogP contribution in [0.3, 0.4) is 0 Å². The van der Waals surface area contributed by atoms with Crippen molar-refractivity contribution in [3.63, 3.8) is 0 Å². The molecule has 0 heterocycles. The summed E-state index contributed by atoms with van der Waals surface area (Å²) in [4.78, 5) is 13.4. The molecule has 0 unspecified atom stereocenters. The second kappa shape index (κ2) is 8.32. The number of carbonyl (C=O) groups excluding carboxylic acids is 1. The molecule has 0 aliphatic heterocycles. The van der Waals surface area contributed by atoms with Gasteiger partial charge in [-0.05, 0) is 23.8 Å². The number of carbonyl (C=O) groups is 1. The van der Waals surface area contributed by atoms with Crippen LogP contribution < -0.4 is 5.32 Å². The van der Waals surface area contributed by atoms with Gasteiger partial charge in [-0.25, -0.2) is 4.79 Å². The third-order valence-corrected chi connectivity index (χ3v) is 2.87. The smallest absolute Gasteiger partial charge is 0.317 e. The monoisotopic (exact) mass is 320 g/mol. The highest BCUT2D eigenvalue weighted by atomic mass is 79.9. The number of nitrogens with one attached hydrogen (secondary N) is 1. The first-order valence-corrected chi connectivity index (χ1v) is 6.66. The highest BCUT2D eigenvalue weighted by Gasteiger charge is 2.07. The number of amides is 2. The van der Waals surface area contributed by atoms with Crippen molar-refractivity contribution < 1.29 is 4.79 Å². The van der Waals surface area contributed by atoms with Gasteiger partial charge in [-0.3, -0.25) is 0 Å². The van der Waals surface area contributed by atoms with Gasteiger partial charge in [0.15, 0.2) is 0 Å². The molecule has 0 bridgehead atoms. The van der Waals surface area contributed by atoms with E-state index in [9.17, 15) is 4.79 Å². The third-order valence-electron chi connectivity index (χ3n) is 2.34. The van der Waals surface area contributed by atoms with E-state index in [0.717, 1.165) is 10.0 Å². The fourth-order valence-corrected chi connectivity index (χ4v) is 1.69. The average Bonchev–Trinajstić information content (AvgIpc) is 2.40. The van der Waals surface area contributed by atoms with Crippen LogP contribution in [0.4, 0.5) is 4.79 Å². The molecule has 0 saturated heterocycles. The van der Waals surface area contributed by atoms with Crippen LogP contribution in [-0.2, 0) is 0 Å². The molecular weight excluding hydrogens is 304 g/mol. The molecular formula is C15H17BrN2O. The van der Waals surface area contributed by atoms with Gasteiger partial charge in [0.2, 0.25) is 0 Å². The van der Waals surface area contributed by atoms with Gasteiger partial charge in [-0.2, -0.15) is 0 Å². The number of halogens is 1. The van der Waals surface area contributed by atoms with Crippen LogP contribution in [0.5, 0.6) is 0 Å². The van der Waals surface area contributed by atoms with Crippen LogP contribution in [0.25, 0.3) is 6.08 Å². The van der Waals surface area contributed by atoms with Gasteiger partial charge >= 0.3 is 6.03 Å². The summed E-state index contributed by atoms with van der Waals surface area (Å²) in [7, 11) is 0. The first-order valence-electron chi connectivity index (χ1n) is 5.86. The van der Waals surface area contributed by atoms with E-state index in [4.69, 9.17) is 0 Å². The average molecular weight is 321 g/mol. The highest BCUT2D eigenvalue weighted by molar-refractivity contribution is 9.10. The first-order chi connectivity index (χ1) is 9.17. The molecule has 1 aromatic carbocycles. The number of benzene rings is 1. The molecule has 1 aromatic rings. The number of urea groups is 1. The SMILES string of the molecule is C=CCN(CC=C)C(=O)N/C=C/c1ccc(Br)cc1. The van der Waals surface area contributed by atoms with Gasteiger partial charge in [-0.15, -0.1) is 13.2 Å². The van der Waals surface area contributed by atoms with Crippen molar-refractivity contribution in [3.8, 4) is 0 Å². The Bertz CT molecular complexity index is 456. The molecule has 4 heteroatoms. The molecule has 19 heavy (non-hydrogen) atoms. The molecule has 1 rings (SSSR count). The molecule has 0 spiro atoms. The Hall–Kier alpha value is -1.81. The Labute approximate surface area is 122 Å². The molecule has 3 nitrogen and oxygen atoms in total. The summed E-state index contributed by atoms with van der Waals surface area (Å²) in [6.07, 6.45) is 6.83. The molecule has 0 aliphatic carbocycles. The Morgan fingerprint density at radius 2 is 1.79 bits per heavy atom. The predicted molar refractivity (Wildman–Crippen MR) is 83.7 cm³/mol. The van der Waals surface area contributed by atoms with E-state index < -0.39 is 0 Å². The maximum Gasteiger partial charge on any atom is 0.321 e. The minimum Gasteiger partial charge on any atom is -0.317 e. The van der Waals surface area contributed by atoms with E-state index in [1.165, 1.54) is 0 Å². The second-order valence-corrected chi connectivity index (χ2v) is 4.73. The minimum atomic E-state index is -0.173. The van der Waals surface area contributed by atoms with Crippen molar-refractivity contribution in [2.24, 2.45) is 0 Å². The maximum atomic E-state index is 11.8. The molecule has 1 N–H and O–H groups in total. The number of hydrogen-bond acceptors (Lipinski definition) is 1. The Morgan fingerprint density at radius 3 is 2.32 bits per heavy atom. The predicted octanol–water partition coefficient (Wildman–Crippen LogP) is 3.80. The van der Waals surface area contributed by atoms with Gasteiger partial charge < -0.3 is 10.2 Å². The van der Waals surface area contributed by atoms with E-state index in [0.29, 0.717) is 13.1 Å². The van der Waals surface area contributed by atoms with E-state index >= 15 is 0 Å². The molecule has 0 radical (unpaired) electrons. The zero-order chi connectivity index (χ0) is 14.1. The van der Waals surface area contributed by atoms with Crippen LogP contribution in [0.15, 0.2) is 60.2 Å². The number of nitrogens with zero attached hydrogens (tertiary/aromatic N) is 1. The van der Waals surface area contributed by atoms with Gasteiger partial charge in [0.25, 0.3) is 0 Å². The van der Waals surface area contributed by atoms with E-state index in [1.54, 1.807) is 23.3 Å². The third kappa shape index (κ3) is 5.57. The topological polar surface area (TPSA) is 32.3 Å². The molecule has 2 amide bonds. The molecule has 0 atom stereocenters.